The second-order valence-corrected chi connectivity index (χ2v) is 7.90. The van der Waals surface area contributed by atoms with Gasteiger partial charge in [-0.15, -0.1) is 0 Å². The van der Waals surface area contributed by atoms with Crippen molar-refractivity contribution in [3.8, 4) is 11.3 Å². The number of anilines is 1. The number of aromatic amines is 1. The van der Waals surface area contributed by atoms with E-state index in [1.807, 2.05) is 0 Å². The minimum atomic E-state index is -2.83. The summed E-state index contributed by atoms with van der Waals surface area (Å²) < 4.78 is 39.4. The van der Waals surface area contributed by atoms with Crippen molar-refractivity contribution in [2.75, 3.05) is 24.5 Å². The number of amides is 1. The van der Waals surface area contributed by atoms with E-state index in [-0.39, 0.29) is 23.6 Å². The highest BCUT2D eigenvalue weighted by molar-refractivity contribution is 5.94. The number of benzene rings is 1. The number of piperidine rings is 1. The van der Waals surface area contributed by atoms with Crippen LogP contribution in [0.25, 0.3) is 11.3 Å². The summed E-state index contributed by atoms with van der Waals surface area (Å²) in [7, 11) is 0. The normalized spacial score (nSPS) is 16.1. The van der Waals surface area contributed by atoms with Crippen molar-refractivity contribution in [3.63, 3.8) is 0 Å². The lowest BCUT2D eigenvalue weighted by Crippen LogP contribution is -2.42. The van der Waals surface area contributed by atoms with E-state index in [0.717, 1.165) is 18.9 Å². The van der Waals surface area contributed by atoms with Crippen LogP contribution in [0.1, 0.15) is 35.3 Å². The SMILES string of the molecule is O=C(NCC1CCCN(c2nc(C(F)F)cc(=O)[nH]2)C1)c1ccc(-c2cccc(F)c2)nc1. The molecule has 0 bridgehead atoms. The number of aromatic nitrogens is 3. The van der Waals surface area contributed by atoms with Crippen molar-refractivity contribution < 1.29 is 18.0 Å². The van der Waals surface area contributed by atoms with Gasteiger partial charge in [-0.1, -0.05) is 12.1 Å². The zero-order chi connectivity index (χ0) is 23.4. The van der Waals surface area contributed by atoms with Gasteiger partial charge in [-0.2, -0.15) is 0 Å². The minimum Gasteiger partial charge on any atom is -0.352 e. The van der Waals surface area contributed by atoms with E-state index >= 15 is 0 Å². The summed E-state index contributed by atoms with van der Waals surface area (Å²) >= 11 is 0. The number of pyridine rings is 1. The maximum Gasteiger partial charge on any atom is 0.280 e. The average molecular weight is 457 g/mol. The number of halogens is 3. The number of H-pyrrole nitrogens is 1. The molecule has 1 aliphatic heterocycles. The van der Waals surface area contributed by atoms with Crippen LogP contribution < -0.4 is 15.8 Å². The molecule has 0 spiro atoms. The van der Waals surface area contributed by atoms with E-state index in [9.17, 15) is 22.8 Å². The summed E-state index contributed by atoms with van der Waals surface area (Å²) in [6, 6.07) is 10.1. The smallest absolute Gasteiger partial charge is 0.280 e. The largest absolute Gasteiger partial charge is 0.352 e. The van der Waals surface area contributed by atoms with Gasteiger partial charge in [-0.05, 0) is 43.0 Å². The van der Waals surface area contributed by atoms with E-state index in [1.165, 1.54) is 18.3 Å². The lowest BCUT2D eigenvalue weighted by atomic mass is 9.98. The van der Waals surface area contributed by atoms with Gasteiger partial charge in [-0.25, -0.2) is 18.2 Å². The van der Waals surface area contributed by atoms with Crippen LogP contribution in [-0.2, 0) is 0 Å². The Morgan fingerprint density at radius 1 is 1.24 bits per heavy atom. The van der Waals surface area contributed by atoms with E-state index in [0.29, 0.717) is 36.5 Å². The number of alkyl halides is 2. The van der Waals surface area contributed by atoms with Crippen molar-refractivity contribution in [3.05, 3.63) is 76.1 Å². The van der Waals surface area contributed by atoms with Gasteiger partial charge in [0.2, 0.25) is 5.95 Å². The Bertz CT molecular complexity index is 1180. The molecule has 3 heterocycles. The first-order valence-electron chi connectivity index (χ1n) is 10.5. The van der Waals surface area contributed by atoms with Gasteiger partial charge in [0.25, 0.3) is 17.9 Å². The summed E-state index contributed by atoms with van der Waals surface area (Å²) in [5.41, 5.74) is 0.366. The van der Waals surface area contributed by atoms with E-state index in [1.54, 1.807) is 29.2 Å². The molecule has 1 fully saturated rings. The summed E-state index contributed by atoms with van der Waals surface area (Å²) in [6.07, 6.45) is 0.221. The van der Waals surface area contributed by atoms with Crippen LogP contribution in [0.5, 0.6) is 0 Å². The Morgan fingerprint density at radius 3 is 2.82 bits per heavy atom. The molecular formula is C23H22F3N5O2. The van der Waals surface area contributed by atoms with Crippen molar-refractivity contribution in [1.29, 1.82) is 0 Å². The van der Waals surface area contributed by atoms with Crippen LogP contribution in [0.3, 0.4) is 0 Å². The predicted octanol–water partition coefficient (Wildman–Crippen LogP) is 3.56. The van der Waals surface area contributed by atoms with Crippen LogP contribution in [0, 0.1) is 11.7 Å². The standard InChI is InChI=1S/C23H22F3N5O2/c24-17-5-1-4-15(9-17)18-7-6-16(12-27-18)22(33)28-11-14-3-2-8-31(13-14)23-29-19(21(25)26)10-20(32)30-23/h1,4-7,9-10,12,14,21H,2-3,8,11,13H2,(H,28,33)(H,29,30,32). The Labute approximate surface area is 187 Å². The number of carbonyl (C=O) groups is 1. The van der Waals surface area contributed by atoms with Crippen molar-refractivity contribution in [2.45, 2.75) is 19.3 Å². The molecule has 1 saturated heterocycles. The first-order valence-corrected chi connectivity index (χ1v) is 10.5. The predicted molar refractivity (Wildman–Crippen MR) is 117 cm³/mol. The van der Waals surface area contributed by atoms with Gasteiger partial charge in [0.1, 0.15) is 11.5 Å². The van der Waals surface area contributed by atoms with Gasteiger partial charge >= 0.3 is 0 Å². The molecule has 1 aliphatic rings. The summed E-state index contributed by atoms with van der Waals surface area (Å²) in [4.78, 5) is 36.6. The molecule has 10 heteroatoms. The summed E-state index contributed by atoms with van der Waals surface area (Å²) in [6.45, 7) is 1.41. The monoisotopic (exact) mass is 457 g/mol. The minimum absolute atomic E-state index is 0.0581. The van der Waals surface area contributed by atoms with Gasteiger partial charge in [0.15, 0.2) is 0 Å². The Morgan fingerprint density at radius 2 is 2.09 bits per heavy atom. The fraction of sp³-hybridized carbons (Fsp3) is 0.304. The molecule has 1 unspecified atom stereocenters. The third kappa shape index (κ3) is 5.57. The second-order valence-electron chi connectivity index (χ2n) is 7.90. The second kappa shape index (κ2) is 9.85. The Hall–Kier alpha value is -3.69. The molecule has 33 heavy (non-hydrogen) atoms. The van der Waals surface area contributed by atoms with Gasteiger partial charge in [-0.3, -0.25) is 19.6 Å². The molecule has 0 saturated carbocycles. The number of rotatable bonds is 6. The van der Waals surface area contributed by atoms with E-state index in [2.05, 4.69) is 20.3 Å². The number of nitrogens with one attached hydrogen (secondary N) is 2. The van der Waals surface area contributed by atoms with E-state index < -0.39 is 17.7 Å². The van der Waals surface area contributed by atoms with E-state index in [4.69, 9.17) is 0 Å². The first kappa shape index (κ1) is 22.5. The quantitative estimate of drug-likeness (QED) is 0.591. The number of hydrogen-bond donors (Lipinski definition) is 2. The third-order valence-corrected chi connectivity index (χ3v) is 5.49. The molecule has 1 atom stereocenters. The van der Waals surface area contributed by atoms with Crippen molar-refractivity contribution in [1.82, 2.24) is 20.3 Å². The van der Waals surface area contributed by atoms with Crippen LogP contribution in [0.2, 0.25) is 0 Å². The lowest BCUT2D eigenvalue weighted by molar-refractivity contribution is 0.0945. The fourth-order valence-corrected chi connectivity index (χ4v) is 3.83. The molecular weight excluding hydrogens is 435 g/mol. The number of carbonyl (C=O) groups excluding carboxylic acids is 1. The maximum absolute atomic E-state index is 13.4. The van der Waals surface area contributed by atoms with Gasteiger partial charge in [0, 0.05) is 37.5 Å². The molecule has 4 rings (SSSR count). The number of nitrogens with zero attached hydrogens (tertiary/aromatic N) is 3. The lowest BCUT2D eigenvalue weighted by Gasteiger charge is -2.33. The van der Waals surface area contributed by atoms with Crippen molar-refractivity contribution in [2.24, 2.45) is 5.92 Å². The molecule has 2 aromatic heterocycles. The molecule has 0 aliphatic carbocycles. The van der Waals surface area contributed by atoms with Crippen LogP contribution >= 0.6 is 0 Å². The first-order chi connectivity index (χ1) is 15.9. The maximum atomic E-state index is 13.4. The topological polar surface area (TPSA) is 91.0 Å². The van der Waals surface area contributed by atoms with Crippen molar-refractivity contribution >= 4 is 11.9 Å². The van der Waals surface area contributed by atoms with Gasteiger partial charge in [0.05, 0.1) is 11.3 Å². The molecule has 3 aromatic rings. The highest BCUT2D eigenvalue weighted by atomic mass is 19.3. The molecule has 7 nitrogen and oxygen atoms in total. The van der Waals surface area contributed by atoms with Crippen LogP contribution in [-0.4, -0.2) is 40.5 Å². The highest BCUT2D eigenvalue weighted by Crippen LogP contribution is 2.22. The Kier molecular flexibility index (Phi) is 6.71. The molecule has 172 valence electrons. The zero-order valence-electron chi connectivity index (χ0n) is 17.6. The van der Waals surface area contributed by atoms with Gasteiger partial charge < -0.3 is 10.2 Å². The highest BCUT2D eigenvalue weighted by Gasteiger charge is 2.23. The molecule has 2 N–H and O–H groups in total. The molecule has 0 radical (unpaired) electrons. The molecule has 1 amide bonds. The third-order valence-electron chi connectivity index (χ3n) is 5.49. The van der Waals surface area contributed by atoms with Crippen LogP contribution in [0.4, 0.5) is 19.1 Å². The average Bonchev–Trinajstić information content (AvgIpc) is 2.82. The summed E-state index contributed by atoms with van der Waals surface area (Å²) in [5.74, 6) is -0.483. The summed E-state index contributed by atoms with van der Waals surface area (Å²) in [5, 5.41) is 2.87. The van der Waals surface area contributed by atoms with Crippen LogP contribution in [0.15, 0.2) is 53.5 Å². The Balaban J connectivity index is 1.36. The molecule has 1 aromatic carbocycles. The zero-order valence-corrected chi connectivity index (χ0v) is 17.6. The number of hydrogen-bond acceptors (Lipinski definition) is 5. The fourth-order valence-electron chi connectivity index (χ4n) is 3.83.